The molecule has 1 aliphatic heterocycles. The summed E-state index contributed by atoms with van der Waals surface area (Å²) in [6.45, 7) is 2.72. The zero-order chi connectivity index (χ0) is 13.8. The molecule has 2 amide bonds. The Morgan fingerprint density at radius 1 is 1.00 bits per heavy atom. The molecular formula is C15H18INO2. The number of carbonyl (C=O) groups is 2. The minimum absolute atomic E-state index is 0.131. The number of fused-ring (bicyclic) bond motifs is 1. The summed E-state index contributed by atoms with van der Waals surface area (Å²) in [5, 5.41) is 0. The molecule has 0 aromatic heterocycles. The highest BCUT2D eigenvalue weighted by molar-refractivity contribution is 14.1. The van der Waals surface area contributed by atoms with Gasteiger partial charge in [-0.3, -0.25) is 14.5 Å². The van der Waals surface area contributed by atoms with Crippen LogP contribution in [0.25, 0.3) is 0 Å². The summed E-state index contributed by atoms with van der Waals surface area (Å²) in [5.74, 6) is -0.263. The van der Waals surface area contributed by atoms with Gasteiger partial charge >= 0.3 is 0 Å². The third-order valence-electron chi connectivity index (χ3n) is 3.42. The fourth-order valence-corrected chi connectivity index (χ4v) is 2.83. The van der Waals surface area contributed by atoms with Crippen LogP contribution in [0.1, 0.15) is 59.7 Å². The van der Waals surface area contributed by atoms with Gasteiger partial charge in [0, 0.05) is 10.1 Å². The number of hydrogen-bond acceptors (Lipinski definition) is 2. The van der Waals surface area contributed by atoms with Crippen molar-refractivity contribution in [3.63, 3.8) is 0 Å². The molecule has 1 aromatic rings. The van der Waals surface area contributed by atoms with Gasteiger partial charge in [0.05, 0.1) is 11.1 Å². The molecule has 0 atom stereocenters. The maximum atomic E-state index is 12.2. The van der Waals surface area contributed by atoms with E-state index in [1.807, 2.05) is 6.07 Å². The Bertz CT molecular complexity index is 499. The third-order valence-corrected chi connectivity index (χ3v) is 4.09. The number of nitrogens with zero attached hydrogens (tertiary/aromatic N) is 1. The van der Waals surface area contributed by atoms with E-state index in [1.54, 1.807) is 12.1 Å². The van der Waals surface area contributed by atoms with Crippen molar-refractivity contribution < 1.29 is 9.59 Å². The molecular weight excluding hydrogens is 353 g/mol. The molecule has 3 nitrogen and oxygen atoms in total. The predicted octanol–water partition coefficient (Wildman–Crippen LogP) is 3.86. The molecule has 0 bridgehead atoms. The molecule has 2 rings (SSSR count). The summed E-state index contributed by atoms with van der Waals surface area (Å²) in [5.41, 5.74) is 1.12. The summed E-state index contributed by atoms with van der Waals surface area (Å²) in [4.78, 5) is 25.7. The van der Waals surface area contributed by atoms with Crippen molar-refractivity contribution in [1.29, 1.82) is 0 Å². The number of carbonyl (C=O) groups excluding carboxylic acids is 2. The van der Waals surface area contributed by atoms with E-state index >= 15 is 0 Å². The molecule has 0 saturated carbocycles. The first-order chi connectivity index (χ1) is 9.15. The van der Waals surface area contributed by atoms with Gasteiger partial charge < -0.3 is 0 Å². The highest BCUT2D eigenvalue weighted by atomic mass is 127. The quantitative estimate of drug-likeness (QED) is 0.433. The van der Waals surface area contributed by atoms with Crippen molar-refractivity contribution in [2.75, 3.05) is 6.54 Å². The van der Waals surface area contributed by atoms with Crippen LogP contribution in [0.5, 0.6) is 0 Å². The molecule has 0 N–H and O–H groups in total. The first kappa shape index (κ1) is 14.5. The normalized spacial score (nSPS) is 14.1. The van der Waals surface area contributed by atoms with Gasteiger partial charge in [-0.1, -0.05) is 32.6 Å². The van der Waals surface area contributed by atoms with Crippen LogP contribution in [0.4, 0.5) is 0 Å². The Balaban J connectivity index is 1.98. The van der Waals surface area contributed by atoms with Crippen LogP contribution in [0.3, 0.4) is 0 Å². The Morgan fingerprint density at radius 3 is 2.42 bits per heavy atom. The van der Waals surface area contributed by atoms with Crippen molar-refractivity contribution in [2.24, 2.45) is 0 Å². The second kappa shape index (κ2) is 6.50. The van der Waals surface area contributed by atoms with Crippen LogP contribution >= 0.6 is 22.6 Å². The van der Waals surface area contributed by atoms with E-state index in [0.29, 0.717) is 17.7 Å². The molecule has 0 unspecified atom stereocenters. The summed E-state index contributed by atoms with van der Waals surface area (Å²) < 4.78 is 0.988. The predicted molar refractivity (Wildman–Crippen MR) is 83.3 cm³/mol. The van der Waals surface area contributed by atoms with E-state index in [4.69, 9.17) is 0 Å². The lowest BCUT2D eigenvalue weighted by atomic mass is 10.1. The summed E-state index contributed by atoms with van der Waals surface area (Å²) in [6.07, 6.45) is 5.59. The molecule has 1 aromatic carbocycles. The van der Waals surface area contributed by atoms with Crippen molar-refractivity contribution in [1.82, 2.24) is 4.90 Å². The van der Waals surface area contributed by atoms with E-state index in [1.165, 1.54) is 24.2 Å². The third kappa shape index (κ3) is 3.16. The van der Waals surface area contributed by atoms with Gasteiger partial charge in [0.25, 0.3) is 11.8 Å². The Labute approximate surface area is 127 Å². The molecule has 1 heterocycles. The lowest BCUT2D eigenvalue weighted by molar-refractivity contribution is 0.0651. The van der Waals surface area contributed by atoms with E-state index in [9.17, 15) is 9.59 Å². The van der Waals surface area contributed by atoms with Gasteiger partial charge in [-0.2, -0.15) is 0 Å². The average Bonchev–Trinajstić information content (AvgIpc) is 2.63. The maximum absolute atomic E-state index is 12.2. The molecule has 0 saturated heterocycles. The van der Waals surface area contributed by atoms with Crippen LogP contribution in [-0.2, 0) is 0 Å². The fourth-order valence-electron chi connectivity index (χ4n) is 2.34. The molecule has 0 aliphatic carbocycles. The fraction of sp³-hybridized carbons (Fsp3) is 0.467. The first-order valence-electron chi connectivity index (χ1n) is 6.81. The Morgan fingerprint density at radius 2 is 1.68 bits per heavy atom. The van der Waals surface area contributed by atoms with Gasteiger partial charge in [0.2, 0.25) is 0 Å². The number of benzene rings is 1. The van der Waals surface area contributed by atoms with Crippen LogP contribution in [0, 0.1) is 3.57 Å². The lowest BCUT2D eigenvalue weighted by Crippen LogP contribution is -2.30. The average molecular weight is 371 g/mol. The zero-order valence-electron chi connectivity index (χ0n) is 11.1. The number of amides is 2. The SMILES string of the molecule is CCCCCCCN1C(=O)c2ccc(I)cc2C1=O. The zero-order valence-corrected chi connectivity index (χ0v) is 13.3. The van der Waals surface area contributed by atoms with Gasteiger partial charge in [0.15, 0.2) is 0 Å². The van der Waals surface area contributed by atoms with Crippen LogP contribution in [0.2, 0.25) is 0 Å². The number of unbranched alkanes of at least 4 members (excludes halogenated alkanes) is 4. The molecule has 0 spiro atoms. The minimum Gasteiger partial charge on any atom is -0.274 e. The number of halogens is 1. The largest absolute Gasteiger partial charge is 0.274 e. The van der Waals surface area contributed by atoms with Gasteiger partial charge in [0.1, 0.15) is 0 Å². The molecule has 0 radical (unpaired) electrons. The first-order valence-corrected chi connectivity index (χ1v) is 7.88. The van der Waals surface area contributed by atoms with Crippen LogP contribution < -0.4 is 0 Å². The molecule has 1 aliphatic rings. The standard InChI is InChI=1S/C15H18INO2/c1-2-3-4-5-6-9-17-14(18)12-8-7-11(16)10-13(12)15(17)19/h7-8,10H,2-6,9H2,1H3. The van der Waals surface area contributed by atoms with Crippen LogP contribution in [-0.4, -0.2) is 23.3 Å². The maximum Gasteiger partial charge on any atom is 0.261 e. The monoisotopic (exact) mass is 371 g/mol. The number of rotatable bonds is 6. The highest BCUT2D eigenvalue weighted by Crippen LogP contribution is 2.25. The van der Waals surface area contributed by atoms with E-state index in [-0.39, 0.29) is 11.8 Å². The Kier molecular flexibility index (Phi) is 4.96. The highest BCUT2D eigenvalue weighted by Gasteiger charge is 2.34. The molecule has 4 heteroatoms. The smallest absolute Gasteiger partial charge is 0.261 e. The van der Waals surface area contributed by atoms with Crippen molar-refractivity contribution in [2.45, 2.75) is 39.0 Å². The second-order valence-corrected chi connectivity index (χ2v) is 6.11. The topological polar surface area (TPSA) is 37.4 Å². The van der Waals surface area contributed by atoms with Gasteiger partial charge in [-0.15, -0.1) is 0 Å². The summed E-state index contributed by atoms with van der Waals surface area (Å²) >= 11 is 2.16. The summed E-state index contributed by atoms with van der Waals surface area (Å²) in [6, 6.07) is 5.43. The van der Waals surface area contributed by atoms with Crippen molar-refractivity contribution >= 4 is 34.4 Å². The van der Waals surface area contributed by atoms with Crippen molar-refractivity contribution in [3.05, 3.63) is 32.9 Å². The van der Waals surface area contributed by atoms with E-state index in [2.05, 4.69) is 29.5 Å². The molecule has 102 valence electrons. The molecule has 19 heavy (non-hydrogen) atoms. The summed E-state index contributed by atoms with van der Waals surface area (Å²) in [7, 11) is 0. The lowest BCUT2D eigenvalue weighted by Gasteiger charge is -2.13. The number of imide groups is 1. The van der Waals surface area contributed by atoms with E-state index < -0.39 is 0 Å². The molecule has 0 fully saturated rings. The van der Waals surface area contributed by atoms with Crippen molar-refractivity contribution in [3.8, 4) is 0 Å². The van der Waals surface area contributed by atoms with Gasteiger partial charge in [-0.25, -0.2) is 0 Å². The van der Waals surface area contributed by atoms with Gasteiger partial charge in [-0.05, 0) is 47.2 Å². The Hall–Kier alpha value is -0.910. The second-order valence-electron chi connectivity index (χ2n) is 4.87. The van der Waals surface area contributed by atoms with E-state index in [0.717, 1.165) is 16.4 Å². The number of hydrogen-bond donors (Lipinski definition) is 0. The minimum atomic E-state index is -0.133. The van der Waals surface area contributed by atoms with Crippen LogP contribution in [0.15, 0.2) is 18.2 Å².